The number of anilines is 1. The molecule has 0 amide bonds. The normalized spacial score (nSPS) is 13.5. The van der Waals surface area contributed by atoms with Gasteiger partial charge >= 0.3 is 6.18 Å². The topological polar surface area (TPSA) is 51.8 Å². The second-order valence-corrected chi connectivity index (χ2v) is 3.93. The molecule has 1 aromatic heterocycles. The number of rotatable bonds is 3. The lowest BCUT2D eigenvalue weighted by molar-refractivity contribution is -0.138. The zero-order chi connectivity index (χ0) is 15.5. The highest BCUT2D eigenvalue weighted by atomic mass is 35.5. The van der Waals surface area contributed by atoms with Crippen LogP contribution in [0, 0.1) is 0 Å². The molecule has 1 rings (SSSR count). The van der Waals surface area contributed by atoms with Crippen LogP contribution >= 0.6 is 11.6 Å². The Morgan fingerprint density at radius 1 is 1.35 bits per heavy atom. The van der Waals surface area contributed by atoms with E-state index in [0.29, 0.717) is 0 Å². The molecular formula is C12H10ClF4N3. The molecule has 1 heterocycles. The van der Waals surface area contributed by atoms with Crippen LogP contribution in [0.15, 0.2) is 30.6 Å². The molecule has 8 heteroatoms. The minimum Gasteiger partial charge on any atom is -0.368 e. The Morgan fingerprint density at radius 3 is 2.40 bits per heavy atom. The summed E-state index contributed by atoms with van der Waals surface area (Å²) in [5.41, 5.74) is 3.30. The molecule has 108 valence electrons. The maximum Gasteiger partial charge on any atom is 0.421 e. The van der Waals surface area contributed by atoms with Crippen molar-refractivity contribution in [3.63, 3.8) is 0 Å². The zero-order valence-corrected chi connectivity index (χ0v) is 11.1. The standard InChI is InChI=1S/C12H10ClF4N3/c1-3-6(5-7(14)4-2)9-8(12(15,16)17)10(13)20-11(18)19-9/h3-5H,2H2,1H3,(H2,18,19,20)/b6-3+,7-5+. The van der Waals surface area contributed by atoms with E-state index in [-0.39, 0.29) is 5.57 Å². The van der Waals surface area contributed by atoms with E-state index in [1.165, 1.54) is 13.0 Å². The average Bonchev–Trinajstić information content (AvgIpc) is 2.32. The number of aromatic nitrogens is 2. The van der Waals surface area contributed by atoms with Crippen molar-refractivity contribution in [1.82, 2.24) is 9.97 Å². The first-order valence-corrected chi connectivity index (χ1v) is 5.65. The quantitative estimate of drug-likeness (QED) is 0.518. The average molecular weight is 308 g/mol. The van der Waals surface area contributed by atoms with Crippen molar-refractivity contribution < 1.29 is 17.6 Å². The number of halogens is 5. The molecule has 0 aliphatic carbocycles. The highest BCUT2D eigenvalue weighted by molar-refractivity contribution is 6.30. The van der Waals surface area contributed by atoms with Crippen LogP contribution in [0.3, 0.4) is 0 Å². The van der Waals surface area contributed by atoms with Gasteiger partial charge in [0.1, 0.15) is 16.5 Å². The molecule has 2 N–H and O–H groups in total. The minimum atomic E-state index is -4.80. The van der Waals surface area contributed by atoms with E-state index in [0.717, 1.165) is 12.2 Å². The number of hydrogen-bond donors (Lipinski definition) is 1. The SMILES string of the molecule is C=C/C(F)=C\C(=C/C)c1nc(N)nc(Cl)c1C(F)(F)F. The predicted molar refractivity (Wildman–Crippen MR) is 69.5 cm³/mol. The van der Waals surface area contributed by atoms with E-state index in [9.17, 15) is 17.6 Å². The van der Waals surface area contributed by atoms with Crippen LogP contribution in [0.5, 0.6) is 0 Å². The summed E-state index contributed by atoms with van der Waals surface area (Å²) in [4.78, 5) is 6.77. The van der Waals surface area contributed by atoms with Crippen LogP contribution in [-0.2, 0) is 6.18 Å². The van der Waals surface area contributed by atoms with Crippen LogP contribution in [0.4, 0.5) is 23.5 Å². The molecule has 0 atom stereocenters. The summed E-state index contributed by atoms with van der Waals surface area (Å²) in [5.74, 6) is -1.26. The molecular weight excluding hydrogens is 298 g/mol. The molecule has 0 saturated carbocycles. The van der Waals surface area contributed by atoms with Crippen LogP contribution in [0.2, 0.25) is 5.15 Å². The van der Waals surface area contributed by atoms with Gasteiger partial charge in [-0.25, -0.2) is 14.4 Å². The van der Waals surface area contributed by atoms with Crippen LogP contribution in [-0.4, -0.2) is 9.97 Å². The van der Waals surface area contributed by atoms with Gasteiger partial charge in [0.05, 0.1) is 5.69 Å². The van der Waals surface area contributed by atoms with Gasteiger partial charge in [0.2, 0.25) is 5.95 Å². The van der Waals surface area contributed by atoms with E-state index >= 15 is 0 Å². The molecule has 0 fully saturated rings. The Hall–Kier alpha value is -1.89. The Morgan fingerprint density at radius 2 is 1.95 bits per heavy atom. The first kappa shape index (κ1) is 16.2. The van der Waals surface area contributed by atoms with Gasteiger partial charge in [0.15, 0.2) is 0 Å². The lowest BCUT2D eigenvalue weighted by Crippen LogP contribution is -2.14. The third-order valence-corrected chi connectivity index (χ3v) is 2.51. The highest BCUT2D eigenvalue weighted by Gasteiger charge is 2.38. The number of nitrogen functional groups attached to an aromatic ring is 1. The monoisotopic (exact) mass is 307 g/mol. The van der Waals surface area contributed by atoms with Crippen molar-refractivity contribution in [1.29, 1.82) is 0 Å². The molecule has 0 radical (unpaired) electrons. The lowest BCUT2D eigenvalue weighted by Gasteiger charge is -2.14. The van der Waals surface area contributed by atoms with Gasteiger partial charge in [-0.3, -0.25) is 0 Å². The molecule has 0 unspecified atom stereocenters. The van der Waals surface area contributed by atoms with Crippen LogP contribution in [0.1, 0.15) is 18.2 Å². The van der Waals surface area contributed by atoms with Gasteiger partial charge in [-0.15, -0.1) is 0 Å². The van der Waals surface area contributed by atoms with Gasteiger partial charge in [-0.2, -0.15) is 13.2 Å². The van der Waals surface area contributed by atoms with Crippen LogP contribution in [0.25, 0.3) is 5.57 Å². The van der Waals surface area contributed by atoms with Gasteiger partial charge in [-0.05, 0) is 24.6 Å². The van der Waals surface area contributed by atoms with E-state index in [2.05, 4.69) is 16.5 Å². The van der Waals surface area contributed by atoms with E-state index in [1.807, 2.05) is 0 Å². The molecule has 1 aromatic rings. The molecule has 0 aliphatic heterocycles. The smallest absolute Gasteiger partial charge is 0.368 e. The van der Waals surface area contributed by atoms with E-state index in [4.69, 9.17) is 17.3 Å². The fraction of sp³-hybridized carbons (Fsp3) is 0.167. The summed E-state index contributed by atoms with van der Waals surface area (Å²) in [5, 5.41) is -0.841. The summed E-state index contributed by atoms with van der Waals surface area (Å²) in [7, 11) is 0. The van der Waals surface area contributed by atoms with Gasteiger partial charge in [-0.1, -0.05) is 24.3 Å². The number of nitrogens with zero attached hydrogens (tertiary/aromatic N) is 2. The Labute approximate surface area is 117 Å². The maximum atomic E-state index is 13.2. The number of allylic oxidation sites excluding steroid dienone is 5. The molecule has 3 nitrogen and oxygen atoms in total. The van der Waals surface area contributed by atoms with Crippen molar-refractivity contribution in [2.45, 2.75) is 13.1 Å². The summed E-state index contributed by atoms with van der Waals surface area (Å²) in [6, 6.07) is 0. The van der Waals surface area contributed by atoms with Gasteiger partial charge in [0, 0.05) is 0 Å². The fourth-order valence-corrected chi connectivity index (χ4v) is 1.69. The molecule has 0 aliphatic rings. The largest absolute Gasteiger partial charge is 0.421 e. The van der Waals surface area contributed by atoms with E-state index < -0.39 is 34.4 Å². The molecule has 20 heavy (non-hydrogen) atoms. The predicted octanol–water partition coefficient (Wildman–Crippen LogP) is 4.17. The first-order chi connectivity index (χ1) is 9.20. The number of alkyl halides is 3. The number of nitrogens with two attached hydrogens (primary N) is 1. The highest BCUT2D eigenvalue weighted by Crippen LogP contribution is 2.38. The van der Waals surface area contributed by atoms with Crippen LogP contribution < -0.4 is 5.73 Å². The minimum absolute atomic E-state index is 0.134. The summed E-state index contributed by atoms with van der Waals surface area (Å²) in [6.07, 6.45) is -1.85. The third-order valence-electron chi connectivity index (χ3n) is 2.24. The Kier molecular flexibility index (Phi) is 4.88. The maximum absolute atomic E-state index is 13.2. The van der Waals surface area contributed by atoms with Crippen molar-refractivity contribution in [3.8, 4) is 0 Å². The summed E-state index contributed by atoms with van der Waals surface area (Å²) in [6.45, 7) is 4.60. The first-order valence-electron chi connectivity index (χ1n) is 5.27. The zero-order valence-electron chi connectivity index (χ0n) is 10.3. The molecule has 0 bridgehead atoms. The van der Waals surface area contributed by atoms with Crippen molar-refractivity contribution in [2.75, 3.05) is 5.73 Å². The Bertz CT molecular complexity index is 591. The van der Waals surface area contributed by atoms with E-state index in [1.54, 1.807) is 0 Å². The van der Waals surface area contributed by atoms with Crippen molar-refractivity contribution in [3.05, 3.63) is 47.0 Å². The summed E-state index contributed by atoms with van der Waals surface area (Å²) >= 11 is 5.48. The Balaban J connectivity index is 3.62. The summed E-state index contributed by atoms with van der Waals surface area (Å²) < 4.78 is 52.2. The second kappa shape index (κ2) is 6.04. The number of hydrogen-bond acceptors (Lipinski definition) is 3. The third kappa shape index (κ3) is 3.57. The molecule has 0 saturated heterocycles. The fourth-order valence-electron chi connectivity index (χ4n) is 1.41. The van der Waals surface area contributed by atoms with Gasteiger partial charge in [0.25, 0.3) is 0 Å². The molecule has 0 spiro atoms. The lowest BCUT2D eigenvalue weighted by atomic mass is 10.1. The molecule has 0 aromatic carbocycles. The van der Waals surface area contributed by atoms with Gasteiger partial charge < -0.3 is 5.73 Å². The second-order valence-electron chi connectivity index (χ2n) is 3.57. The van der Waals surface area contributed by atoms with Crippen molar-refractivity contribution in [2.24, 2.45) is 0 Å². The van der Waals surface area contributed by atoms with Crippen molar-refractivity contribution >= 4 is 23.1 Å².